The zero-order valence-electron chi connectivity index (χ0n) is 12.8. The summed E-state index contributed by atoms with van der Waals surface area (Å²) in [6, 6.07) is 0. The molecular formula is C14H21F2NO3S. The lowest BCUT2D eigenvalue weighted by atomic mass is 9.95. The van der Waals surface area contributed by atoms with Gasteiger partial charge in [-0.2, -0.15) is 0 Å². The second-order valence-corrected chi connectivity index (χ2v) is 7.00. The summed E-state index contributed by atoms with van der Waals surface area (Å²) >= 11 is 0. The van der Waals surface area contributed by atoms with Crippen molar-refractivity contribution in [2.45, 2.75) is 45.4 Å². The highest BCUT2D eigenvalue weighted by Crippen LogP contribution is 2.29. The van der Waals surface area contributed by atoms with Crippen LogP contribution in [-0.4, -0.2) is 32.6 Å². The van der Waals surface area contributed by atoms with Crippen molar-refractivity contribution < 1.29 is 22.3 Å². The van der Waals surface area contributed by atoms with E-state index in [-0.39, 0.29) is 4.90 Å². The summed E-state index contributed by atoms with van der Waals surface area (Å²) in [5, 5.41) is 8.51. The molecule has 4 nitrogen and oxygen atoms in total. The average Bonchev–Trinajstić information content (AvgIpc) is 2.41. The number of hydrogen-bond donors (Lipinski definition) is 2. The lowest BCUT2D eigenvalue weighted by Gasteiger charge is -2.20. The molecule has 0 unspecified atom stereocenters. The van der Waals surface area contributed by atoms with Crippen molar-refractivity contribution in [3.63, 3.8) is 0 Å². The van der Waals surface area contributed by atoms with Gasteiger partial charge in [0.15, 0.2) is 0 Å². The second kappa shape index (κ2) is 5.98. The second-order valence-electron chi connectivity index (χ2n) is 5.29. The Hall–Kier alpha value is -1.05. The first-order valence-corrected chi connectivity index (χ1v) is 7.98. The van der Waals surface area contributed by atoms with Gasteiger partial charge in [0.05, 0.1) is 11.4 Å². The van der Waals surface area contributed by atoms with Crippen LogP contribution in [0.5, 0.6) is 0 Å². The molecule has 1 aromatic carbocycles. The van der Waals surface area contributed by atoms with E-state index < -0.39 is 29.1 Å². The van der Waals surface area contributed by atoms with Crippen LogP contribution < -0.4 is 4.72 Å². The Bertz CT molecular complexity index is 626. The molecule has 0 radical (unpaired) electrons. The van der Waals surface area contributed by atoms with E-state index in [2.05, 4.69) is 0 Å². The molecule has 0 atom stereocenters. The van der Waals surface area contributed by atoms with Gasteiger partial charge in [-0.05, 0) is 62.4 Å². The predicted molar refractivity (Wildman–Crippen MR) is 77.3 cm³/mol. The maximum atomic E-state index is 13.0. The van der Waals surface area contributed by atoms with E-state index in [0.717, 1.165) is 16.7 Å². The number of sulfonamides is 1. The van der Waals surface area contributed by atoms with Gasteiger partial charge < -0.3 is 5.11 Å². The summed E-state index contributed by atoms with van der Waals surface area (Å²) in [6.07, 6.45) is 0. The minimum Gasteiger partial charge on any atom is -0.390 e. The van der Waals surface area contributed by atoms with E-state index in [1.807, 2.05) is 11.6 Å². The molecule has 0 saturated heterocycles. The Labute approximate surface area is 124 Å². The molecule has 2 N–H and O–H groups in total. The lowest BCUT2D eigenvalue weighted by molar-refractivity contribution is -0.0437. The fraction of sp³-hybridized carbons (Fsp3) is 0.571. The first kappa shape index (κ1) is 18.0. The highest BCUT2D eigenvalue weighted by Gasteiger charge is 2.31. The number of rotatable bonds is 5. The van der Waals surface area contributed by atoms with Crippen molar-refractivity contribution in [2.75, 3.05) is 13.2 Å². The van der Waals surface area contributed by atoms with Gasteiger partial charge in [0.2, 0.25) is 10.0 Å². The van der Waals surface area contributed by atoms with Crippen LogP contribution in [0.15, 0.2) is 4.90 Å². The van der Waals surface area contributed by atoms with Crippen molar-refractivity contribution >= 4 is 10.0 Å². The molecule has 0 aliphatic heterocycles. The number of aliphatic hydroxyl groups excluding tert-OH is 1. The molecule has 0 aliphatic carbocycles. The first-order chi connectivity index (χ1) is 9.44. The SMILES string of the molecule is Cc1c(C)c(C)c(S(=O)(=O)NCC(F)(F)CO)c(C)c1C. The quantitative estimate of drug-likeness (QED) is 0.873. The van der Waals surface area contributed by atoms with Crippen molar-refractivity contribution in [3.8, 4) is 0 Å². The summed E-state index contributed by atoms with van der Waals surface area (Å²) in [6.45, 7) is 6.29. The fourth-order valence-electron chi connectivity index (χ4n) is 2.20. The summed E-state index contributed by atoms with van der Waals surface area (Å²) < 4.78 is 52.6. The smallest absolute Gasteiger partial charge is 0.283 e. The number of nitrogens with one attached hydrogen (secondary N) is 1. The van der Waals surface area contributed by atoms with Crippen LogP contribution >= 0.6 is 0 Å². The van der Waals surface area contributed by atoms with Gasteiger partial charge in [0.1, 0.15) is 6.61 Å². The van der Waals surface area contributed by atoms with Crippen LogP contribution in [0.2, 0.25) is 0 Å². The molecule has 0 saturated carbocycles. The minimum atomic E-state index is -4.07. The molecule has 0 bridgehead atoms. The van der Waals surface area contributed by atoms with E-state index in [1.54, 1.807) is 27.7 Å². The van der Waals surface area contributed by atoms with E-state index >= 15 is 0 Å². The molecule has 0 fully saturated rings. The van der Waals surface area contributed by atoms with Gasteiger partial charge in [-0.1, -0.05) is 0 Å². The standard InChI is InChI=1S/C14H21F2NO3S/c1-8-9(2)11(4)13(12(5)10(8)3)21(19,20)17-6-14(15,16)7-18/h17-18H,6-7H2,1-5H3. The Morgan fingerprint density at radius 1 is 0.952 bits per heavy atom. The van der Waals surface area contributed by atoms with Crippen LogP contribution in [0, 0.1) is 34.6 Å². The molecule has 1 rings (SSSR count). The number of aliphatic hydroxyl groups is 1. The third-order valence-corrected chi connectivity index (χ3v) is 5.63. The molecule has 21 heavy (non-hydrogen) atoms. The highest BCUT2D eigenvalue weighted by atomic mass is 32.2. The minimum absolute atomic E-state index is 0.0387. The third kappa shape index (κ3) is 3.59. The van der Waals surface area contributed by atoms with Gasteiger partial charge in [0, 0.05) is 0 Å². The summed E-state index contributed by atoms with van der Waals surface area (Å²) in [5.41, 5.74) is 3.75. The highest BCUT2D eigenvalue weighted by molar-refractivity contribution is 7.89. The number of hydrogen-bond acceptors (Lipinski definition) is 3. The van der Waals surface area contributed by atoms with Crippen LogP contribution in [0.1, 0.15) is 27.8 Å². The monoisotopic (exact) mass is 321 g/mol. The van der Waals surface area contributed by atoms with E-state index in [1.165, 1.54) is 0 Å². The van der Waals surface area contributed by atoms with E-state index in [4.69, 9.17) is 5.11 Å². The number of halogens is 2. The zero-order chi connectivity index (χ0) is 16.6. The molecule has 7 heteroatoms. The van der Waals surface area contributed by atoms with Gasteiger partial charge >= 0.3 is 0 Å². The molecule has 0 heterocycles. The van der Waals surface area contributed by atoms with E-state index in [0.29, 0.717) is 11.1 Å². The summed E-state index contributed by atoms with van der Waals surface area (Å²) in [5.74, 6) is -3.48. The van der Waals surface area contributed by atoms with Crippen molar-refractivity contribution in [1.29, 1.82) is 0 Å². The normalized spacial score (nSPS) is 12.8. The van der Waals surface area contributed by atoms with E-state index in [9.17, 15) is 17.2 Å². The molecule has 0 spiro atoms. The topological polar surface area (TPSA) is 66.4 Å². The lowest BCUT2D eigenvalue weighted by Crippen LogP contribution is -2.39. The Balaban J connectivity index is 3.34. The zero-order valence-corrected chi connectivity index (χ0v) is 13.7. The first-order valence-electron chi connectivity index (χ1n) is 6.50. The van der Waals surface area contributed by atoms with Crippen LogP contribution in [-0.2, 0) is 10.0 Å². The molecule has 120 valence electrons. The van der Waals surface area contributed by atoms with Crippen molar-refractivity contribution in [2.24, 2.45) is 0 Å². The third-order valence-electron chi connectivity index (χ3n) is 3.95. The van der Waals surface area contributed by atoms with Crippen molar-refractivity contribution in [1.82, 2.24) is 4.72 Å². The van der Waals surface area contributed by atoms with Crippen LogP contribution in [0.25, 0.3) is 0 Å². The number of benzene rings is 1. The largest absolute Gasteiger partial charge is 0.390 e. The van der Waals surface area contributed by atoms with Crippen LogP contribution in [0.3, 0.4) is 0 Å². The Kier molecular flexibility index (Phi) is 5.13. The summed E-state index contributed by atoms with van der Waals surface area (Å²) in [4.78, 5) is 0.0387. The van der Waals surface area contributed by atoms with Crippen LogP contribution in [0.4, 0.5) is 8.78 Å². The molecule has 0 amide bonds. The average molecular weight is 321 g/mol. The maximum absolute atomic E-state index is 13.0. The Morgan fingerprint density at radius 3 is 1.71 bits per heavy atom. The predicted octanol–water partition coefficient (Wildman–Crippen LogP) is 2.13. The molecule has 0 aliphatic rings. The molecule has 1 aromatic rings. The van der Waals surface area contributed by atoms with Crippen molar-refractivity contribution in [3.05, 3.63) is 27.8 Å². The number of alkyl halides is 2. The Morgan fingerprint density at radius 2 is 1.33 bits per heavy atom. The summed E-state index contributed by atoms with van der Waals surface area (Å²) in [7, 11) is -4.07. The molecular weight excluding hydrogens is 300 g/mol. The van der Waals surface area contributed by atoms with Gasteiger partial charge in [-0.15, -0.1) is 0 Å². The molecule has 0 aromatic heterocycles. The fourth-order valence-corrected chi connectivity index (χ4v) is 3.86. The van der Waals surface area contributed by atoms with Gasteiger partial charge in [-0.25, -0.2) is 21.9 Å². The maximum Gasteiger partial charge on any atom is 0.283 e. The van der Waals surface area contributed by atoms with Gasteiger partial charge in [0.25, 0.3) is 5.92 Å². The van der Waals surface area contributed by atoms with Gasteiger partial charge in [-0.3, -0.25) is 0 Å².